The number of carbonyl (C=O) groups excluding carboxylic acids is 2. The topological polar surface area (TPSA) is 74.8 Å². The zero-order valence-electron chi connectivity index (χ0n) is 12.5. The molecule has 2 aliphatic rings. The summed E-state index contributed by atoms with van der Waals surface area (Å²) >= 11 is 0. The Morgan fingerprint density at radius 3 is 2.71 bits per heavy atom. The number of amides is 1. The van der Waals surface area contributed by atoms with Crippen molar-refractivity contribution in [2.75, 3.05) is 37.7 Å². The smallest absolute Gasteiger partial charge is 0.237 e. The summed E-state index contributed by atoms with van der Waals surface area (Å²) in [5.41, 5.74) is 0. The van der Waals surface area contributed by atoms with Crippen LogP contribution in [0.25, 0.3) is 0 Å². The number of likely N-dealkylation sites (tertiary alicyclic amines) is 1. The van der Waals surface area contributed by atoms with Gasteiger partial charge in [0.1, 0.15) is 6.29 Å². The fourth-order valence-electron chi connectivity index (χ4n) is 3.29. The second-order valence-electron chi connectivity index (χ2n) is 6.01. The van der Waals surface area contributed by atoms with Crippen LogP contribution in [0.3, 0.4) is 0 Å². The van der Waals surface area contributed by atoms with Gasteiger partial charge in [0.05, 0.1) is 18.1 Å². The number of hydrogen-bond acceptors (Lipinski definition) is 5. The molecule has 7 heteroatoms. The lowest BCUT2D eigenvalue weighted by Crippen LogP contribution is -2.48. The fraction of sp³-hybridized carbons (Fsp3) is 0.857. The molecule has 0 saturated carbocycles. The molecule has 6 nitrogen and oxygen atoms in total. The number of piperidine rings is 1. The highest BCUT2D eigenvalue weighted by Crippen LogP contribution is 2.19. The third kappa shape index (κ3) is 4.26. The minimum Gasteiger partial charge on any atom is -0.338 e. The fourth-order valence-corrected chi connectivity index (χ4v) is 5.02. The van der Waals surface area contributed by atoms with Crippen molar-refractivity contribution in [3.8, 4) is 0 Å². The van der Waals surface area contributed by atoms with Crippen LogP contribution in [0, 0.1) is 5.92 Å². The second-order valence-corrected chi connectivity index (χ2v) is 8.24. The van der Waals surface area contributed by atoms with Gasteiger partial charge in [0.25, 0.3) is 0 Å². The Balaban J connectivity index is 1.93. The molecule has 2 saturated heterocycles. The molecule has 0 aliphatic carbocycles. The van der Waals surface area contributed by atoms with Crippen molar-refractivity contribution in [1.82, 2.24) is 9.80 Å². The predicted molar refractivity (Wildman–Crippen MR) is 79.7 cm³/mol. The van der Waals surface area contributed by atoms with Crippen molar-refractivity contribution in [2.45, 2.75) is 32.2 Å². The molecule has 2 heterocycles. The van der Waals surface area contributed by atoms with E-state index in [1.807, 2.05) is 11.8 Å². The summed E-state index contributed by atoms with van der Waals surface area (Å²) < 4.78 is 23.1. The second kappa shape index (κ2) is 6.87. The van der Waals surface area contributed by atoms with Crippen molar-refractivity contribution in [3.63, 3.8) is 0 Å². The highest BCUT2D eigenvalue weighted by atomic mass is 32.2. The van der Waals surface area contributed by atoms with Gasteiger partial charge in [-0.3, -0.25) is 9.69 Å². The van der Waals surface area contributed by atoms with E-state index >= 15 is 0 Å². The van der Waals surface area contributed by atoms with E-state index in [1.54, 1.807) is 4.90 Å². The number of hydrogen-bond donors (Lipinski definition) is 0. The maximum Gasteiger partial charge on any atom is 0.237 e. The molecule has 0 aromatic carbocycles. The normalized spacial score (nSPS) is 29.2. The van der Waals surface area contributed by atoms with Crippen LogP contribution in [0.2, 0.25) is 0 Å². The van der Waals surface area contributed by atoms with Crippen molar-refractivity contribution < 1.29 is 18.0 Å². The first-order chi connectivity index (χ1) is 9.95. The first kappa shape index (κ1) is 16.4. The quantitative estimate of drug-likeness (QED) is 0.664. The van der Waals surface area contributed by atoms with Gasteiger partial charge in [0.2, 0.25) is 5.91 Å². The third-order valence-corrected chi connectivity index (χ3v) is 6.15. The van der Waals surface area contributed by atoms with E-state index in [9.17, 15) is 18.0 Å². The van der Waals surface area contributed by atoms with Gasteiger partial charge in [-0.05, 0) is 32.7 Å². The molecular formula is C14H24N2O4S. The molecule has 2 aliphatic heterocycles. The molecule has 0 bridgehead atoms. The largest absolute Gasteiger partial charge is 0.338 e. The summed E-state index contributed by atoms with van der Waals surface area (Å²) in [5.74, 6) is 0.265. The lowest BCUT2D eigenvalue weighted by Gasteiger charge is -2.33. The molecule has 0 N–H and O–H groups in total. The van der Waals surface area contributed by atoms with Gasteiger partial charge in [-0.1, -0.05) is 0 Å². The molecule has 0 spiro atoms. The van der Waals surface area contributed by atoms with Crippen LogP contribution in [0.4, 0.5) is 0 Å². The SMILES string of the molecule is CCN(C(=O)CN1CCCC(C=O)C1)C1CCS(=O)(=O)C1. The average Bonchev–Trinajstić information content (AvgIpc) is 2.80. The summed E-state index contributed by atoms with van der Waals surface area (Å²) in [4.78, 5) is 27.0. The lowest BCUT2D eigenvalue weighted by atomic mass is 10.00. The van der Waals surface area contributed by atoms with E-state index in [0.717, 1.165) is 25.7 Å². The molecule has 0 radical (unpaired) electrons. The average molecular weight is 316 g/mol. The van der Waals surface area contributed by atoms with Gasteiger partial charge in [-0.25, -0.2) is 8.42 Å². The van der Waals surface area contributed by atoms with E-state index in [2.05, 4.69) is 0 Å². The van der Waals surface area contributed by atoms with Crippen LogP contribution < -0.4 is 0 Å². The zero-order valence-corrected chi connectivity index (χ0v) is 13.3. The molecule has 2 atom stereocenters. The highest BCUT2D eigenvalue weighted by molar-refractivity contribution is 7.91. The standard InChI is InChI=1S/C14H24N2O4S/c1-2-16(13-5-7-21(19,20)11-13)14(18)9-15-6-3-4-12(8-15)10-17/h10,12-13H,2-9,11H2,1H3. The minimum atomic E-state index is -2.98. The van der Waals surface area contributed by atoms with E-state index in [1.165, 1.54) is 0 Å². The monoisotopic (exact) mass is 316 g/mol. The van der Waals surface area contributed by atoms with Gasteiger partial charge in [0, 0.05) is 25.0 Å². The van der Waals surface area contributed by atoms with Gasteiger partial charge in [-0.2, -0.15) is 0 Å². The maximum absolute atomic E-state index is 12.4. The summed E-state index contributed by atoms with van der Waals surface area (Å²) in [6.07, 6.45) is 3.34. The molecule has 21 heavy (non-hydrogen) atoms. The Morgan fingerprint density at radius 2 is 2.14 bits per heavy atom. The van der Waals surface area contributed by atoms with Gasteiger partial charge in [-0.15, -0.1) is 0 Å². The number of rotatable bonds is 5. The van der Waals surface area contributed by atoms with Crippen LogP contribution in [0.15, 0.2) is 0 Å². The molecule has 2 fully saturated rings. The number of carbonyl (C=O) groups is 2. The molecule has 120 valence electrons. The first-order valence-electron chi connectivity index (χ1n) is 7.62. The van der Waals surface area contributed by atoms with E-state index in [4.69, 9.17) is 0 Å². The van der Waals surface area contributed by atoms with E-state index < -0.39 is 9.84 Å². The van der Waals surface area contributed by atoms with Crippen molar-refractivity contribution in [3.05, 3.63) is 0 Å². The summed E-state index contributed by atoms with van der Waals surface area (Å²) in [6.45, 7) is 4.17. The molecule has 2 unspecified atom stereocenters. The molecule has 1 amide bonds. The summed E-state index contributed by atoms with van der Waals surface area (Å²) in [6, 6.07) is -0.181. The van der Waals surface area contributed by atoms with E-state index in [-0.39, 0.29) is 35.9 Å². The lowest BCUT2D eigenvalue weighted by molar-refractivity contribution is -0.135. The van der Waals surface area contributed by atoms with Crippen LogP contribution >= 0.6 is 0 Å². The number of likely N-dealkylation sites (N-methyl/N-ethyl adjacent to an activating group) is 1. The number of nitrogens with zero attached hydrogens (tertiary/aromatic N) is 2. The van der Waals surface area contributed by atoms with Crippen LogP contribution in [0.1, 0.15) is 26.2 Å². The van der Waals surface area contributed by atoms with E-state index in [0.29, 0.717) is 19.5 Å². The maximum atomic E-state index is 12.4. The summed E-state index contributed by atoms with van der Waals surface area (Å²) in [5, 5.41) is 0. The first-order valence-corrected chi connectivity index (χ1v) is 9.45. The highest BCUT2D eigenvalue weighted by Gasteiger charge is 2.34. The van der Waals surface area contributed by atoms with Gasteiger partial charge >= 0.3 is 0 Å². The van der Waals surface area contributed by atoms with Crippen LogP contribution in [-0.2, 0) is 19.4 Å². The van der Waals surface area contributed by atoms with Crippen LogP contribution in [0.5, 0.6) is 0 Å². The minimum absolute atomic E-state index is 0.0217. The van der Waals surface area contributed by atoms with Crippen molar-refractivity contribution in [1.29, 1.82) is 0 Å². The van der Waals surface area contributed by atoms with Crippen molar-refractivity contribution in [2.24, 2.45) is 5.92 Å². The molecule has 0 aromatic heterocycles. The Labute approximate surface area is 126 Å². The molecule has 0 aromatic rings. The Bertz CT molecular complexity index is 491. The number of aldehydes is 1. The number of sulfone groups is 1. The zero-order chi connectivity index (χ0) is 15.5. The predicted octanol–water partition coefficient (Wildman–Crippen LogP) is -0.0671. The van der Waals surface area contributed by atoms with Crippen LogP contribution in [-0.4, -0.2) is 74.1 Å². The van der Waals surface area contributed by atoms with Gasteiger partial charge in [0.15, 0.2) is 9.84 Å². The summed E-state index contributed by atoms with van der Waals surface area (Å²) in [7, 11) is -2.98. The third-order valence-electron chi connectivity index (χ3n) is 4.40. The Morgan fingerprint density at radius 1 is 1.38 bits per heavy atom. The molecular weight excluding hydrogens is 292 g/mol. The molecule has 2 rings (SSSR count). The Hall–Kier alpha value is -0.950. The van der Waals surface area contributed by atoms with Gasteiger partial charge < -0.3 is 9.69 Å². The Kier molecular flexibility index (Phi) is 5.37. The van der Waals surface area contributed by atoms with Crippen molar-refractivity contribution >= 4 is 22.0 Å².